The van der Waals surface area contributed by atoms with Crippen LogP contribution in [0.3, 0.4) is 0 Å². The van der Waals surface area contributed by atoms with E-state index in [-0.39, 0.29) is 5.54 Å². The van der Waals surface area contributed by atoms with E-state index in [2.05, 4.69) is 4.90 Å². The van der Waals surface area contributed by atoms with Gasteiger partial charge in [0.1, 0.15) is 0 Å². The molecule has 0 saturated carbocycles. The molecule has 0 aromatic rings. The Balaban J connectivity index is 2.58. The smallest absolute Gasteiger partial charge is 0.0589 e. The first-order valence-corrected chi connectivity index (χ1v) is 7.95. The van der Waals surface area contributed by atoms with Crippen LogP contribution < -0.4 is 5.73 Å². The Bertz CT molecular complexity index is 211. The summed E-state index contributed by atoms with van der Waals surface area (Å²) < 4.78 is 10.4. The molecular formula is C13H28N2O2S. The molecule has 1 saturated heterocycles. The van der Waals surface area contributed by atoms with Crippen LogP contribution in [0.2, 0.25) is 0 Å². The van der Waals surface area contributed by atoms with Crippen LogP contribution in [0, 0.1) is 0 Å². The van der Waals surface area contributed by atoms with Gasteiger partial charge in [0.2, 0.25) is 0 Å². The van der Waals surface area contributed by atoms with Gasteiger partial charge < -0.3 is 15.2 Å². The van der Waals surface area contributed by atoms with Gasteiger partial charge in [-0.15, -0.1) is 0 Å². The molecule has 0 amide bonds. The maximum atomic E-state index is 6.09. The van der Waals surface area contributed by atoms with Gasteiger partial charge >= 0.3 is 0 Å². The predicted octanol–water partition coefficient (Wildman–Crippen LogP) is 1.20. The van der Waals surface area contributed by atoms with Crippen molar-refractivity contribution in [2.24, 2.45) is 5.73 Å². The number of hydrogen-bond donors (Lipinski definition) is 1. The van der Waals surface area contributed by atoms with Crippen LogP contribution in [0.25, 0.3) is 0 Å². The predicted molar refractivity (Wildman–Crippen MR) is 78.3 cm³/mol. The highest BCUT2D eigenvalue weighted by molar-refractivity contribution is 7.99. The molecule has 0 spiro atoms. The second kappa shape index (κ2) is 9.15. The van der Waals surface area contributed by atoms with E-state index in [0.29, 0.717) is 0 Å². The molecule has 1 heterocycles. The molecule has 2 N–H and O–H groups in total. The molecule has 1 fully saturated rings. The van der Waals surface area contributed by atoms with Crippen molar-refractivity contribution < 1.29 is 9.47 Å². The Morgan fingerprint density at radius 1 is 1.11 bits per heavy atom. The van der Waals surface area contributed by atoms with Gasteiger partial charge in [0.05, 0.1) is 6.61 Å². The van der Waals surface area contributed by atoms with Gasteiger partial charge in [0, 0.05) is 46.0 Å². The Kier molecular flexibility index (Phi) is 8.26. The van der Waals surface area contributed by atoms with Crippen molar-refractivity contribution in [2.75, 3.05) is 58.6 Å². The van der Waals surface area contributed by atoms with Gasteiger partial charge in [0.25, 0.3) is 0 Å². The van der Waals surface area contributed by atoms with Crippen LogP contribution in [0.5, 0.6) is 0 Å². The molecule has 0 unspecified atom stereocenters. The summed E-state index contributed by atoms with van der Waals surface area (Å²) in [6.45, 7) is 4.38. The van der Waals surface area contributed by atoms with Crippen molar-refractivity contribution in [1.82, 2.24) is 4.90 Å². The summed E-state index contributed by atoms with van der Waals surface area (Å²) in [6.07, 6.45) is 3.46. The summed E-state index contributed by atoms with van der Waals surface area (Å²) in [7, 11) is 3.52. The number of nitrogens with zero attached hydrogens (tertiary/aromatic N) is 1. The first-order chi connectivity index (χ1) is 8.79. The Labute approximate surface area is 116 Å². The molecule has 4 nitrogen and oxygen atoms in total. The normalized spacial score (nSPS) is 19.3. The minimum absolute atomic E-state index is 0.192. The Morgan fingerprint density at radius 3 is 2.33 bits per heavy atom. The average Bonchev–Trinajstić information content (AvgIpc) is 2.43. The van der Waals surface area contributed by atoms with Crippen LogP contribution in [-0.4, -0.2) is 69.0 Å². The standard InChI is InChI=1S/C13H28N2O2S/c1-16-8-3-6-15(7-9-17-2)13(12-14)4-10-18-11-5-13/h3-12,14H2,1-2H3. The summed E-state index contributed by atoms with van der Waals surface area (Å²) in [5.74, 6) is 2.45. The van der Waals surface area contributed by atoms with Crippen molar-refractivity contribution in [3.05, 3.63) is 0 Å². The third-order valence-electron chi connectivity index (χ3n) is 3.82. The summed E-state index contributed by atoms with van der Waals surface area (Å²) in [5.41, 5.74) is 6.28. The van der Waals surface area contributed by atoms with Crippen LogP contribution in [0.4, 0.5) is 0 Å². The lowest BCUT2D eigenvalue weighted by atomic mass is 9.89. The van der Waals surface area contributed by atoms with Crippen LogP contribution in [-0.2, 0) is 9.47 Å². The largest absolute Gasteiger partial charge is 0.385 e. The average molecular weight is 276 g/mol. The molecule has 1 aliphatic rings. The monoisotopic (exact) mass is 276 g/mol. The van der Waals surface area contributed by atoms with Crippen molar-refractivity contribution in [3.63, 3.8) is 0 Å². The number of hydrogen-bond acceptors (Lipinski definition) is 5. The fraction of sp³-hybridized carbons (Fsp3) is 1.00. The molecule has 0 radical (unpaired) electrons. The highest BCUT2D eigenvalue weighted by Gasteiger charge is 2.36. The third-order valence-corrected chi connectivity index (χ3v) is 4.80. The second-order valence-electron chi connectivity index (χ2n) is 4.87. The molecule has 0 aromatic carbocycles. The fourth-order valence-electron chi connectivity index (χ4n) is 2.59. The molecule has 108 valence electrons. The quantitative estimate of drug-likeness (QED) is 0.641. The summed E-state index contributed by atoms with van der Waals surface area (Å²) in [6, 6.07) is 0. The SMILES string of the molecule is COCCCN(CCOC)C1(CN)CCSCC1. The van der Waals surface area contributed by atoms with E-state index in [0.717, 1.165) is 39.3 Å². The molecule has 0 aromatic heterocycles. The van der Waals surface area contributed by atoms with Gasteiger partial charge in [0.15, 0.2) is 0 Å². The van der Waals surface area contributed by atoms with E-state index < -0.39 is 0 Å². The number of thioether (sulfide) groups is 1. The Morgan fingerprint density at radius 2 is 1.78 bits per heavy atom. The minimum atomic E-state index is 0.192. The van der Waals surface area contributed by atoms with Gasteiger partial charge in [-0.25, -0.2) is 0 Å². The van der Waals surface area contributed by atoms with E-state index in [4.69, 9.17) is 15.2 Å². The van der Waals surface area contributed by atoms with Crippen molar-refractivity contribution in [2.45, 2.75) is 24.8 Å². The molecule has 5 heteroatoms. The lowest BCUT2D eigenvalue weighted by Gasteiger charge is -2.46. The number of rotatable bonds is 9. The maximum Gasteiger partial charge on any atom is 0.0589 e. The number of nitrogens with two attached hydrogens (primary N) is 1. The van der Waals surface area contributed by atoms with E-state index in [9.17, 15) is 0 Å². The van der Waals surface area contributed by atoms with E-state index in [1.807, 2.05) is 11.8 Å². The van der Waals surface area contributed by atoms with Crippen molar-refractivity contribution in [3.8, 4) is 0 Å². The second-order valence-corrected chi connectivity index (χ2v) is 6.09. The Hall–Kier alpha value is 0.190. The van der Waals surface area contributed by atoms with E-state index in [1.165, 1.54) is 24.3 Å². The van der Waals surface area contributed by atoms with Crippen LogP contribution >= 0.6 is 11.8 Å². The van der Waals surface area contributed by atoms with Gasteiger partial charge in [-0.2, -0.15) is 11.8 Å². The molecule has 18 heavy (non-hydrogen) atoms. The zero-order chi connectivity index (χ0) is 13.3. The lowest BCUT2D eigenvalue weighted by Crippen LogP contribution is -2.57. The summed E-state index contributed by atoms with van der Waals surface area (Å²) in [4.78, 5) is 2.54. The van der Waals surface area contributed by atoms with Gasteiger partial charge in [-0.05, 0) is 30.8 Å². The zero-order valence-electron chi connectivity index (χ0n) is 11.8. The molecule has 0 aliphatic carbocycles. The molecule has 0 atom stereocenters. The molecule has 0 bridgehead atoms. The third kappa shape index (κ3) is 4.70. The minimum Gasteiger partial charge on any atom is -0.385 e. The van der Waals surface area contributed by atoms with E-state index in [1.54, 1.807) is 14.2 Å². The van der Waals surface area contributed by atoms with Gasteiger partial charge in [-0.1, -0.05) is 0 Å². The van der Waals surface area contributed by atoms with Gasteiger partial charge in [-0.3, -0.25) is 4.90 Å². The number of methoxy groups -OCH3 is 2. The van der Waals surface area contributed by atoms with Crippen LogP contribution in [0.15, 0.2) is 0 Å². The topological polar surface area (TPSA) is 47.7 Å². The van der Waals surface area contributed by atoms with Crippen molar-refractivity contribution in [1.29, 1.82) is 0 Å². The van der Waals surface area contributed by atoms with Crippen LogP contribution in [0.1, 0.15) is 19.3 Å². The molecule has 1 aliphatic heterocycles. The van der Waals surface area contributed by atoms with Crippen molar-refractivity contribution >= 4 is 11.8 Å². The highest BCUT2D eigenvalue weighted by Crippen LogP contribution is 2.31. The lowest BCUT2D eigenvalue weighted by molar-refractivity contribution is 0.0455. The first-order valence-electron chi connectivity index (χ1n) is 6.80. The first kappa shape index (κ1) is 16.2. The summed E-state index contributed by atoms with van der Waals surface area (Å²) >= 11 is 2.04. The highest BCUT2D eigenvalue weighted by atomic mass is 32.2. The fourth-order valence-corrected chi connectivity index (χ4v) is 3.84. The number of ether oxygens (including phenoxy) is 2. The summed E-state index contributed by atoms with van der Waals surface area (Å²) in [5, 5.41) is 0. The zero-order valence-corrected chi connectivity index (χ0v) is 12.6. The molecule has 1 rings (SSSR count). The van der Waals surface area contributed by atoms with E-state index >= 15 is 0 Å². The molecular weight excluding hydrogens is 248 g/mol. The maximum absolute atomic E-state index is 6.09.